The Bertz CT molecular complexity index is 499. The molecule has 0 radical (unpaired) electrons. The standard InChI is InChI=1S/C12H15ClO2.C4H4O2/c13-6-2-8-14-11-4-5-12-10(9-11)3-1-7-15-12;5-4-1-2-6-3-4/h4-5,9H,1-3,6-8H2;1-2H,3H2. The highest BCUT2D eigenvalue weighted by molar-refractivity contribution is 6.17. The van der Waals surface area contributed by atoms with Crippen LogP contribution in [-0.4, -0.2) is 31.5 Å². The summed E-state index contributed by atoms with van der Waals surface area (Å²) >= 11 is 5.58. The van der Waals surface area contributed by atoms with Gasteiger partial charge in [0.1, 0.15) is 18.1 Å². The molecule has 114 valence electrons. The van der Waals surface area contributed by atoms with Gasteiger partial charge in [0.25, 0.3) is 0 Å². The van der Waals surface area contributed by atoms with Gasteiger partial charge >= 0.3 is 0 Å². The summed E-state index contributed by atoms with van der Waals surface area (Å²) < 4.78 is 15.6. The van der Waals surface area contributed by atoms with E-state index in [2.05, 4.69) is 10.8 Å². The fourth-order valence-electron chi connectivity index (χ4n) is 1.97. The molecule has 0 saturated carbocycles. The zero-order chi connectivity index (χ0) is 14.9. The highest BCUT2D eigenvalue weighted by Crippen LogP contribution is 2.28. The minimum atomic E-state index is 0.0509. The summed E-state index contributed by atoms with van der Waals surface area (Å²) in [6.07, 6.45) is 5.89. The number of carbonyl (C=O) groups excluding carboxylic acids is 1. The highest BCUT2D eigenvalue weighted by atomic mass is 35.5. The Morgan fingerprint density at radius 1 is 1.33 bits per heavy atom. The van der Waals surface area contributed by atoms with Crippen LogP contribution in [0, 0.1) is 0 Å². The minimum absolute atomic E-state index is 0.0509. The Kier molecular flexibility index (Phi) is 6.41. The molecular formula is C16H19ClO4. The molecule has 0 N–H and O–H groups in total. The summed E-state index contributed by atoms with van der Waals surface area (Å²) in [6.45, 7) is 1.75. The topological polar surface area (TPSA) is 44.8 Å². The number of hydrogen-bond acceptors (Lipinski definition) is 4. The van der Waals surface area contributed by atoms with Crippen molar-refractivity contribution in [1.29, 1.82) is 0 Å². The molecule has 0 unspecified atom stereocenters. The number of aryl methyl sites for hydroxylation is 1. The van der Waals surface area contributed by atoms with Crippen molar-refractivity contribution in [3.63, 3.8) is 0 Å². The van der Waals surface area contributed by atoms with Crippen LogP contribution < -0.4 is 9.47 Å². The Hall–Kier alpha value is -1.68. The van der Waals surface area contributed by atoms with E-state index < -0.39 is 0 Å². The number of ketones is 1. The molecule has 0 saturated heterocycles. The number of rotatable bonds is 4. The van der Waals surface area contributed by atoms with Crippen LogP contribution >= 0.6 is 11.6 Å². The zero-order valence-electron chi connectivity index (χ0n) is 11.8. The summed E-state index contributed by atoms with van der Waals surface area (Å²) in [7, 11) is 0. The first kappa shape index (κ1) is 15.7. The normalized spacial score (nSPS) is 15.4. The number of fused-ring (bicyclic) bond motifs is 1. The number of halogens is 1. The van der Waals surface area contributed by atoms with Gasteiger partial charge in [0, 0.05) is 12.0 Å². The number of ether oxygens (including phenoxy) is 3. The third-order valence-corrected chi connectivity index (χ3v) is 3.27. The van der Waals surface area contributed by atoms with Gasteiger partial charge in [0.05, 0.1) is 19.5 Å². The maximum absolute atomic E-state index is 10.0. The SMILES string of the molecule is ClCCCOc1ccc2c(c1)CCCO2.O=C1C=COC1. The van der Waals surface area contributed by atoms with Crippen molar-refractivity contribution in [3.05, 3.63) is 36.1 Å². The van der Waals surface area contributed by atoms with Crippen molar-refractivity contribution >= 4 is 17.4 Å². The van der Waals surface area contributed by atoms with Crippen LogP contribution in [0.15, 0.2) is 30.5 Å². The van der Waals surface area contributed by atoms with E-state index in [1.807, 2.05) is 12.1 Å². The van der Waals surface area contributed by atoms with Gasteiger partial charge in [-0.15, -0.1) is 11.6 Å². The third-order valence-electron chi connectivity index (χ3n) is 3.00. The van der Waals surface area contributed by atoms with Gasteiger partial charge in [-0.05, 0) is 43.0 Å². The van der Waals surface area contributed by atoms with E-state index in [9.17, 15) is 4.79 Å². The van der Waals surface area contributed by atoms with Crippen molar-refractivity contribution in [2.24, 2.45) is 0 Å². The van der Waals surface area contributed by atoms with E-state index in [1.165, 1.54) is 17.9 Å². The summed E-state index contributed by atoms with van der Waals surface area (Å²) in [5.41, 5.74) is 1.25. The largest absolute Gasteiger partial charge is 0.494 e. The first-order chi connectivity index (χ1) is 10.3. The molecule has 2 aliphatic rings. The molecule has 1 aromatic carbocycles. The number of carbonyl (C=O) groups is 1. The number of alkyl halides is 1. The second kappa shape index (κ2) is 8.57. The van der Waals surface area contributed by atoms with Crippen LogP contribution in [0.4, 0.5) is 0 Å². The van der Waals surface area contributed by atoms with Gasteiger partial charge < -0.3 is 14.2 Å². The lowest BCUT2D eigenvalue weighted by Gasteiger charge is -2.17. The highest BCUT2D eigenvalue weighted by Gasteiger charge is 2.10. The lowest BCUT2D eigenvalue weighted by molar-refractivity contribution is -0.115. The van der Waals surface area contributed by atoms with E-state index in [0.717, 1.165) is 37.4 Å². The number of benzene rings is 1. The molecule has 0 amide bonds. The zero-order valence-corrected chi connectivity index (χ0v) is 12.6. The average Bonchev–Trinajstić information content (AvgIpc) is 2.99. The molecule has 2 aliphatic heterocycles. The Labute approximate surface area is 129 Å². The van der Waals surface area contributed by atoms with Gasteiger partial charge in [-0.3, -0.25) is 4.79 Å². The van der Waals surface area contributed by atoms with Crippen LogP contribution in [-0.2, 0) is 16.0 Å². The van der Waals surface area contributed by atoms with E-state index in [4.69, 9.17) is 21.1 Å². The van der Waals surface area contributed by atoms with Crippen molar-refractivity contribution in [2.75, 3.05) is 25.7 Å². The van der Waals surface area contributed by atoms with E-state index in [0.29, 0.717) is 12.5 Å². The fraction of sp³-hybridized carbons (Fsp3) is 0.438. The average molecular weight is 311 g/mol. The molecule has 1 aromatic rings. The molecule has 2 heterocycles. The summed E-state index contributed by atoms with van der Waals surface area (Å²) in [5.74, 6) is 2.62. The minimum Gasteiger partial charge on any atom is -0.494 e. The first-order valence-electron chi connectivity index (χ1n) is 7.05. The van der Waals surface area contributed by atoms with Crippen LogP contribution in [0.3, 0.4) is 0 Å². The van der Waals surface area contributed by atoms with Gasteiger partial charge in [-0.2, -0.15) is 0 Å². The maximum Gasteiger partial charge on any atom is 0.196 e. The summed E-state index contributed by atoms with van der Waals surface area (Å²) in [6, 6.07) is 6.02. The molecule has 21 heavy (non-hydrogen) atoms. The van der Waals surface area contributed by atoms with Crippen LogP contribution in [0.2, 0.25) is 0 Å². The molecule has 0 aliphatic carbocycles. The van der Waals surface area contributed by atoms with E-state index in [-0.39, 0.29) is 12.4 Å². The molecule has 0 bridgehead atoms. The molecular weight excluding hydrogens is 292 g/mol. The smallest absolute Gasteiger partial charge is 0.196 e. The van der Waals surface area contributed by atoms with Gasteiger partial charge in [0.2, 0.25) is 0 Å². The third kappa shape index (κ3) is 5.31. The maximum atomic E-state index is 10.0. The van der Waals surface area contributed by atoms with Gasteiger partial charge in [0.15, 0.2) is 5.78 Å². The second-order valence-electron chi connectivity index (χ2n) is 4.69. The molecule has 0 fully saturated rings. The summed E-state index contributed by atoms with van der Waals surface area (Å²) in [4.78, 5) is 10.0. The van der Waals surface area contributed by atoms with Crippen molar-refractivity contribution in [3.8, 4) is 11.5 Å². The molecule has 4 nitrogen and oxygen atoms in total. The van der Waals surface area contributed by atoms with Gasteiger partial charge in [-0.25, -0.2) is 0 Å². The second-order valence-corrected chi connectivity index (χ2v) is 5.07. The molecule has 0 atom stereocenters. The fourth-order valence-corrected chi connectivity index (χ4v) is 2.08. The molecule has 0 aromatic heterocycles. The van der Waals surface area contributed by atoms with E-state index in [1.54, 1.807) is 0 Å². The first-order valence-corrected chi connectivity index (χ1v) is 7.58. The lowest BCUT2D eigenvalue weighted by Crippen LogP contribution is -2.08. The predicted octanol–water partition coefficient (Wildman–Crippen LogP) is 3.12. The Morgan fingerprint density at radius 2 is 2.24 bits per heavy atom. The van der Waals surface area contributed by atoms with Crippen LogP contribution in [0.5, 0.6) is 11.5 Å². The molecule has 5 heteroatoms. The summed E-state index contributed by atoms with van der Waals surface area (Å²) in [5, 5.41) is 0. The van der Waals surface area contributed by atoms with Crippen LogP contribution in [0.25, 0.3) is 0 Å². The molecule has 0 spiro atoms. The Morgan fingerprint density at radius 3 is 2.90 bits per heavy atom. The van der Waals surface area contributed by atoms with Crippen molar-refractivity contribution in [2.45, 2.75) is 19.3 Å². The predicted molar refractivity (Wildman–Crippen MR) is 81.2 cm³/mol. The van der Waals surface area contributed by atoms with E-state index >= 15 is 0 Å². The number of hydrogen-bond donors (Lipinski definition) is 0. The van der Waals surface area contributed by atoms with Gasteiger partial charge in [-0.1, -0.05) is 0 Å². The lowest BCUT2D eigenvalue weighted by atomic mass is 10.1. The molecule has 3 rings (SSSR count). The monoisotopic (exact) mass is 310 g/mol. The van der Waals surface area contributed by atoms with Crippen LogP contribution in [0.1, 0.15) is 18.4 Å². The Balaban J connectivity index is 0.000000225. The quantitative estimate of drug-likeness (QED) is 0.633. The van der Waals surface area contributed by atoms with Crippen molar-refractivity contribution < 1.29 is 19.0 Å². The van der Waals surface area contributed by atoms with Crippen molar-refractivity contribution in [1.82, 2.24) is 0 Å².